The summed E-state index contributed by atoms with van der Waals surface area (Å²) in [6.07, 6.45) is 3.84. The molecule has 0 unspecified atom stereocenters. The van der Waals surface area contributed by atoms with E-state index in [0.717, 1.165) is 30.1 Å². The van der Waals surface area contributed by atoms with E-state index in [9.17, 15) is 4.79 Å². The number of piperidine rings is 1. The Hall–Kier alpha value is -2.45. The fraction of sp³-hybridized carbons (Fsp3) is 0.333. The van der Waals surface area contributed by atoms with E-state index in [4.69, 9.17) is 5.26 Å². The molecule has 0 bridgehead atoms. The van der Waals surface area contributed by atoms with Crippen LogP contribution in [0.1, 0.15) is 30.4 Å². The molecule has 1 aliphatic heterocycles. The van der Waals surface area contributed by atoms with Crippen molar-refractivity contribution < 1.29 is 4.79 Å². The monoisotopic (exact) mass is 365 g/mol. The third-order valence-corrected chi connectivity index (χ3v) is 5.46. The normalized spacial score (nSPS) is 13.9. The van der Waals surface area contributed by atoms with Gasteiger partial charge in [0.2, 0.25) is 5.91 Å². The Bertz CT molecular complexity index is 759. The molecule has 1 N–H and O–H groups in total. The largest absolute Gasteiger partial charge is 0.372 e. The lowest BCUT2D eigenvalue weighted by atomic mass is 10.1. The van der Waals surface area contributed by atoms with Gasteiger partial charge in [0, 0.05) is 30.2 Å². The smallest absolute Gasteiger partial charge is 0.234 e. The Morgan fingerprint density at radius 2 is 1.73 bits per heavy atom. The summed E-state index contributed by atoms with van der Waals surface area (Å²) in [5, 5.41) is 11.8. The van der Waals surface area contributed by atoms with Crippen LogP contribution in [0.3, 0.4) is 0 Å². The van der Waals surface area contributed by atoms with Crippen LogP contribution in [0.4, 0.5) is 11.4 Å². The number of amides is 1. The predicted molar refractivity (Wildman–Crippen MR) is 108 cm³/mol. The SMILES string of the molecule is N#Cc1ccc(CSCC(=O)Nc2ccc(N3CCCCC3)cc2)cc1. The van der Waals surface area contributed by atoms with Crippen LogP contribution >= 0.6 is 11.8 Å². The molecule has 5 heteroatoms. The molecule has 0 radical (unpaired) electrons. The first-order chi connectivity index (χ1) is 12.7. The molecular weight excluding hydrogens is 342 g/mol. The van der Waals surface area contributed by atoms with Crippen LogP contribution < -0.4 is 10.2 Å². The number of nitrogens with zero attached hydrogens (tertiary/aromatic N) is 2. The van der Waals surface area contributed by atoms with Crippen LogP contribution in [0.5, 0.6) is 0 Å². The number of thioether (sulfide) groups is 1. The van der Waals surface area contributed by atoms with Crippen molar-refractivity contribution in [2.75, 3.05) is 29.1 Å². The zero-order valence-corrected chi connectivity index (χ0v) is 15.6. The van der Waals surface area contributed by atoms with E-state index in [-0.39, 0.29) is 5.91 Å². The first kappa shape index (κ1) is 18.3. The highest BCUT2D eigenvalue weighted by Crippen LogP contribution is 2.22. The van der Waals surface area contributed by atoms with Crippen molar-refractivity contribution in [2.24, 2.45) is 0 Å². The summed E-state index contributed by atoms with van der Waals surface area (Å²) >= 11 is 1.57. The molecule has 1 heterocycles. The maximum Gasteiger partial charge on any atom is 0.234 e. The van der Waals surface area contributed by atoms with E-state index in [1.807, 2.05) is 24.3 Å². The number of anilines is 2. The number of benzene rings is 2. The van der Waals surface area contributed by atoms with Gasteiger partial charge in [-0.3, -0.25) is 4.79 Å². The van der Waals surface area contributed by atoms with Crippen LogP contribution in [0.2, 0.25) is 0 Å². The summed E-state index contributed by atoms with van der Waals surface area (Å²) in [5.74, 6) is 1.18. The number of hydrogen-bond acceptors (Lipinski definition) is 4. The molecule has 1 saturated heterocycles. The highest BCUT2D eigenvalue weighted by atomic mass is 32.2. The van der Waals surface area contributed by atoms with Crippen LogP contribution in [-0.2, 0) is 10.5 Å². The Morgan fingerprint density at radius 1 is 1.04 bits per heavy atom. The number of carbonyl (C=O) groups excluding carboxylic acids is 1. The van der Waals surface area contributed by atoms with Gasteiger partial charge in [0.05, 0.1) is 17.4 Å². The van der Waals surface area contributed by atoms with Gasteiger partial charge >= 0.3 is 0 Å². The third kappa shape index (κ3) is 5.27. The van der Waals surface area contributed by atoms with E-state index >= 15 is 0 Å². The van der Waals surface area contributed by atoms with Gasteiger partial charge in [-0.1, -0.05) is 12.1 Å². The molecule has 0 atom stereocenters. The number of rotatable bonds is 6. The molecular formula is C21H23N3OS. The molecule has 2 aromatic carbocycles. The summed E-state index contributed by atoms with van der Waals surface area (Å²) in [7, 11) is 0. The van der Waals surface area contributed by atoms with E-state index in [1.54, 1.807) is 23.9 Å². The first-order valence-electron chi connectivity index (χ1n) is 8.96. The fourth-order valence-corrected chi connectivity index (χ4v) is 3.83. The number of nitriles is 1. The minimum atomic E-state index is 0.00867. The summed E-state index contributed by atoms with van der Waals surface area (Å²) < 4.78 is 0. The average molecular weight is 366 g/mol. The highest BCUT2D eigenvalue weighted by molar-refractivity contribution is 7.99. The second-order valence-corrected chi connectivity index (χ2v) is 7.43. The highest BCUT2D eigenvalue weighted by Gasteiger charge is 2.11. The molecule has 3 rings (SSSR count). The zero-order valence-electron chi connectivity index (χ0n) is 14.8. The number of nitrogens with one attached hydrogen (secondary N) is 1. The third-order valence-electron chi connectivity index (χ3n) is 4.46. The molecule has 0 saturated carbocycles. The number of carbonyl (C=O) groups is 1. The van der Waals surface area contributed by atoms with Crippen molar-refractivity contribution in [1.82, 2.24) is 0 Å². The quantitative estimate of drug-likeness (QED) is 0.823. The fourth-order valence-electron chi connectivity index (χ4n) is 3.04. The van der Waals surface area contributed by atoms with Gasteiger partial charge in [-0.25, -0.2) is 0 Å². The standard InChI is InChI=1S/C21H23N3OS/c22-14-17-4-6-18(7-5-17)15-26-16-21(25)23-19-8-10-20(11-9-19)24-12-2-1-3-13-24/h4-11H,1-3,12-13,15-16H2,(H,23,25). The van der Waals surface area contributed by atoms with E-state index < -0.39 is 0 Å². The van der Waals surface area contributed by atoms with Crippen molar-refractivity contribution in [2.45, 2.75) is 25.0 Å². The summed E-state index contributed by atoms with van der Waals surface area (Å²) in [5.41, 5.74) is 3.85. The van der Waals surface area contributed by atoms with Crippen LogP contribution in [0.25, 0.3) is 0 Å². The van der Waals surface area contributed by atoms with Crippen LogP contribution in [0, 0.1) is 11.3 Å². The summed E-state index contributed by atoms with van der Waals surface area (Å²) in [6.45, 7) is 2.25. The molecule has 0 spiro atoms. The summed E-state index contributed by atoms with van der Waals surface area (Å²) in [6, 6.07) is 17.7. The maximum atomic E-state index is 12.1. The van der Waals surface area contributed by atoms with Gasteiger partial charge in [0.1, 0.15) is 0 Å². The molecule has 0 aromatic heterocycles. The lowest BCUT2D eigenvalue weighted by molar-refractivity contribution is -0.113. The van der Waals surface area contributed by atoms with Gasteiger partial charge in [-0.05, 0) is 61.2 Å². The van der Waals surface area contributed by atoms with Crippen molar-refractivity contribution in [3.8, 4) is 6.07 Å². The average Bonchev–Trinajstić information content (AvgIpc) is 2.70. The zero-order chi connectivity index (χ0) is 18.2. The Morgan fingerprint density at radius 3 is 2.38 bits per heavy atom. The molecule has 0 aliphatic carbocycles. The lowest BCUT2D eigenvalue weighted by Gasteiger charge is -2.28. The van der Waals surface area contributed by atoms with Gasteiger partial charge in [0.15, 0.2) is 0 Å². The van der Waals surface area contributed by atoms with Crippen molar-refractivity contribution >= 4 is 29.0 Å². The molecule has 4 nitrogen and oxygen atoms in total. The van der Waals surface area contributed by atoms with E-state index in [0.29, 0.717) is 11.3 Å². The van der Waals surface area contributed by atoms with Crippen LogP contribution in [0.15, 0.2) is 48.5 Å². The Balaban J connectivity index is 1.43. The topological polar surface area (TPSA) is 56.1 Å². The maximum absolute atomic E-state index is 12.1. The molecule has 1 aliphatic rings. The van der Waals surface area contributed by atoms with Gasteiger partial charge in [-0.2, -0.15) is 5.26 Å². The van der Waals surface area contributed by atoms with Gasteiger partial charge in [-0.15, -0.1) is 11.8 Å². The van der Waals surface area contributed by atoms with Crippen molar-refractivity contribution in [3.05, 3.63) is 59.7 Å². The molecule has 1 amide bonds. The predicted octanol–water partition coefficient (Wildman–Crippen LogP) is 4.42. The van der Waals surface area contributed by atoms with E-state index in [2.05, 4.69) is 28.4 Å². The summed E-state index contributed by atoms with van der Waals surface area (Å²) in [4.78, 5) is 14.5. The molecule has 1 fully saturated rings. The lowest BCUT2D eigenvalue weighted by Crippen LogP contribution is -2.29. The minimum absolute atomic E-state index is 0.00867. The minimum Gasteiger partial charge on any atom is -0.372 e. The van der Waals surface area contributed by atoms with Crippen molar-refractivity contribution in [1.29, 1.82) is 5.26 Å². The van der Waals surface area contributed by atoms with Gasteiger partial charge < -0.3 is 10.2 Å². The van der Waals surface area contributed by atoms with Crippen molar-refractivity contribution in [3.63, 3.8) is 0 Å². The molecule has 2 aromatic rings. The second kappa shape index (κ2) is 9.30. The Kier molecular flexibility index (Phi) is 6.56. The van der Waals surface area contributed by atoms with Crippen LogP contribution in [-0.4, -0.2) is 24.7 Å². The number of hydrogen-bond donors (Lipinski definition) is 1. The first-order valence-corrected chi connectivity index (χ1v) is 10.1. The molecule has 26 heavy (non-hydrogen) atoms. The Labute approximate surface area is 159 Å². The second-order valence-electron chi connectivity index (χ2n) is 6.44. The van der Waals surface area contributed by atoms with Gasteiger partial charge in [0.25, 0.3) is 0 Å². The van der Waals surface area contributed by atoms with E-state index in [1.165, 1.54) is 24.9 Å². The molecule has 134 valence electrons.